The second kappa shape index (κ2) is 5.97. The lowest BCUT2D eigenvalue weighted by Gasteiger charge is -2.11. The topological polar surface area (TPSA) is 61.2 Å². The minimum atomic E-state index is -3.42. The van der Waals surface area contributed by atoms with Crippen molar-refractivity contribution in [3.8, 4) is 6.07 Å². The molecular formula is C13H12N2O2S3. The maximum atomic E-state index is 12.1. The second-order valence-electron chi connectivity index (χ2n) is 4.09. The van der Waals surface area contributed by atoms with E-state index >= 15 is 0 Å². The third-order valence-corrected chi connectivity index (χ3v) is 6.42. The molecule has 104 valence electrons. The normalized spacial score (nSPS) is 11.5. The van der Waals surface area contributed by atoms with Crippen molar-refractivity contribution >= 4 is 33.1 Å². The van der Waals surface area contributed by atoms with Crippen LogP contribution in [0.1, 0.15) is 4.88 Å². The molecule has 4 nitrogen and oxygen atoms in total. The molecule has 1 aromatic carbocycles. The molecule has 0 unspecified atom stereocenters. The molecule has 0 bridgehead atoms. The first-order chi connectivity index (χ1) is 9.43. The summed E-state index contributed by atoms with van der Waals surface area (Å²) in [6, 6.07) is 12.5. The Morgan fingerprint density at radius 3 is 2.60 bits per heavy atom. The number of hydrogen-bond donors (Lipinski definition) is 0. The predicted molar refractivity (Wildman–Crippen MR) is 80.5 cm³/mol. The van der Waals surface area contributed by atoms with Gasteiger partial charge >= 0.3 is 0 Å². The van der Waals surface area contributed by atoms with E-state index in [1.165, 1.54) is 41.5 Å². The molecule has 0 aliphatic rings. The smallest absolute Gasteiger partial charge is 0.207 e. The van der Waals surface area contributed by atoms with Gasteiger partial charge in [0, 0.05) is 19.0 Å². The van der Waals surface area contributed by atoms with Crippen molar-refractivity contribution in [1.82, 2.24) is 4.31 Å². The summed E-state index contributed by atoms with van der Waals surface area (Å²) in [5.41, 5.74) is 0. The number of hydrogen-bond acceptors (Lipinski definition) is 5. The molecule has 2 rings (SSSR count). The van der Waals surface area contributed by atoms with Crippen LogP contribution in [0, 0.1) is 11.3 Å². The van der Waals surface area contributed by atoms with Gasteiger partial charge in [-0.2, -0.15) is 5.26 Å². The van der Waals surface area contributed by atoms with Crippen LogP contribution in [0.3, 0.4) is 0 Å². The van der Waals surface area contributed by atoms with Crippen LogP contribution in [-0.4, -0.2) is 26.8 Å². The summed E-state index contributed by atoms with van der Waals surface area (Å²) in [5.74, 6) is 0. The molecule has 0 fully saturated rings. The van der Waals surface area contributed by atoms with Gasteiger partial charge in [-0.25, -0.2) is 12.7 Å². The maximum absolute atomic E-state index is 12.1. The second-order valence-corrected chi connectivity index (χ2v) is 8.70. The summed E-state index contributed by atoms with van der Waals surface area (Å²) in [5, 5.41) is 8.80. The van der Waals surface area contributed by atoms with Crippen LogP contribution >= 0.6 is 23.1 Å². The summed E-state index contributed by atoms with van der Waals surface area (Å²) in [6.45, 7) is 0. The fourth-order valence-corrected chi connectivity index (χ4v) is 4.44. The highest BCUT2D eigenvalue weighted by Crippen LogP contribution is 2.34. The van der Waals surface area contributed by atoms with Crippen LogP contribution in [0.2, 0.25) is 0 Å². The largest absolute Gasteiger partial charge is 0.242 e. The first kappa shape index (κ1) is 15.1. The van der Waals surface area contributed by atoms with Gasteiger partial charge in [0.25, 0.3) is 0 Å². The fraction of sp³-hybridized carbons (Fsp3) is 0.154. The average molecular weight is 324 g/mol. The average Bonchev–Trinajstić information content (AvgIpc) is 2.86. The van der Waals surface area contributed by atoms with Crippen LogP contribution in [0.15, 0.2) is 50.4 Å². The van der Waals surface area contributed by atoms with E-state index in [0.29, 0.717) is 4.88 Å². The quantitative estimate of drug-likeness (QED) is 0.867. The Labute approximate surface area is 126 Å². The SMILES string of the molecule is CN(C)S(=O)(=O)c1cccc(Sc2ccc(C#N)s2)c1. The van der Waals surface area contributed by atoms with Crippen molar-refractivity contribution in [2.45, 2.75) is 14.0 Å². The van der Waals surface area contributed by atoms with Gasteiger partial charge in [0.15, 0.2) is 0 Å². The van der Waals surface area contributed by atoms with Gasteiger partial charge in [-0.15, -0.1) is 11.3 Å². The van der Waals surface area contributed by atoms with Gasteiger partial charge in [-0.05, 0) is 30.3 Å². The molecule has 0 N–H and O–H groups in total. The predicted octanol–water partition coefficient (Wildman–Crippen LogP) is 3.02. The molecule has 0 atom stereocenters. The summed E-state index contributed by atoms with van der Waals surface area (Å²) >= 11 is 2.84. The van der Waals surface area contributed by atoms with E-state index in [0.717, 1.165) is 9.10 Å². The maximum Gasteiger partial charge on any atom is 0.242 e. The molecule has 20 heavy (non-hydrogen) atoms. The van der Waals surface area contributed by atoms with Crippen molar-refractivity contribution in [3.63, 3.8) is 0 Å². The monoisotopic (exact) mass is 324 g/mol. The number of nitriles is 1. The van der Waals surface area contributed by atoms with Crippen molar-refractivity contribution in [2.24, 2.45) is 0 Å². The molecule has 2 aromatic rings. The molecule has 0 spiro atoms. The lowest BCUT2D eigenvalue weighted by Crippen LogP contribution is -2.22. The zero-order chi connectivity index (χ0) is 14.8. The molecule has 7 heteroatoms. The summed E-state index contributed by atoms with van der Waals surface area (Å²) in [4.78, 5) is 1.74. The number of thiophene rings is 1. The van der Waals surface area contributed by atoms with Crippen molar-refractivity contribution in [3.05, 3.63) is 41.3 Å². The fourth-order valence-electron chi connectivity index (χ4n) is 1.46. The Balaban J connectivity index is 2.29. The summed E-state index contributed by atoms with van der Waals surface area (Å²) < 4.78 is 26.3. The number of nitrogens with zero attached hydrogens (tertiary/aromatic N) is 2. The number of benzene rings is 1. The van der Waals surface area contributed by atoms with E-state index in [4.69, 9.17) is 5.26 Å². The van der Waals surface area contributed by atoms with Gasteiger partial charge in [-0.1, -0.05) is 17.8 Å². The van der Waals surface area contributed by atoms with Crippen LogP contribution in [-0.2, 0) is 10.0 Å². The van der Waals surface area contributed by atoms with E-state index in [1.54, 1.807) is 24.3 Å². The molecule has 0 saturated heterocycles. The van der Waals surface area contributed by atoms with Gasteiger partial charge in [0.2, 0.25) is 10.0 Å². The Morgan fingerprint density at radius 1 is 1.25 bits per heavy atom. The first-order valence-electron chi connectivity index (χ1n) is 5.64. The molecule has 0 aliphatic heterocycles. The molecule has 1 aromatic heterocycles. The highest BCUT2D eigenvalue weighted by molar-refractivity contribution is 8.01. The van der Waals surface area contributed by atoms with Crippen LogP contribution in [0.4, 0.5) is 0 Å². The third kappa shape index (κ3) is 3.22. The highest BCUT2D eigenvalue weighted by atomic mass is 32.2. The highest BCUT2D eigenvalue weighted by Gasteiger charge is 2.17. The zero-order valence-electron chi connectivity index (χ0n) is 10.9. The molecule has 0 aliphatic carbocycles. The molecule has 0 amide bonds. The van der Waals surface area contributed by atoms with Gasteiger partial charge in [0.05, 0.1) is 9.10 Å². The van der Waals surface area contributed by atoms with Crippen molar-refractivity contribution in [2.75, 3.05) is 14.1 Å². The van der Waals surface area contributed by atoms with Crippen molar-refractivity contribution < 1.29 is 8.42 Å². The minimum absolute atomic E-state index is 0.268. The first-order valence-corrected chi connectivity index (χ1v) is 8.71. The standard InChI is InChI=1S/C13H12N2O2S3/c1-15(2)20(16,17)12-5-3-4-10(8-12)18-13-7-6-11(9-14)19-13/h3-8H,1-2H3. The van der Waals surface area contributed by atoms with E-state index in [2.05, 4.69) is 6.07 Å². The van der Waals surface area contributed by atoms with Crippen molar-refractivity contribution in [1.29, 1.82) is 5.26 Å². The Kier molecular flexibility index (Phi) is 4.50. The molecular weight excluding hydrogens is 312 g/mol. The number of rotatable bonds is 4. The van der Waals surface area contributed by atoms with Gasteiger partial charge < -0.3 is 0 Å². The van der Waals surface area contributed by atoms with Crippen LogP contribution in [0.5, 0.6) is 0 Å². The molecule has 1 heterocycles. The lowest BCUT2D eigenvalue weighted by molar-refractivity contribution is 0.520. The van der Waals surface area contributed by atoms with E-state index in [1.807, 2.05) is 12.1 Å². The summed E-state index contributed by atoms with van der Waals surface area (Å²) in [7, 11) is -0.405. The minimum Gasteiger partial charge on any atom is -0.207 e. The molecule has 0 saturated carbocycles. The van der Waals surface area contributed by atoms with E-state index < -0.39 is 10.0 Å². The Hall–Kier alpha value is -1.33. The van der Waals surface area contributed by atoms with E-state index in [-0.39, 0.29) is 4.90 Å². The Morgan fingerprint density at radius 2 is 2.00 bits per heavy atom. The van der Waals surface area contributed by atoms with Gasteiger partial charge in [0.1, 0.15) is 10.9 Å². The van der Waals surface area contributed by atoms with Gasteiger partial charge in [-0.3, -0.25) is 0 Å². The number of sulfonamides is 1. The third-order valence-electron chi connectivity index (χ3n) is 2.49. The lowest BCUT2D eigenvalue weighted by atomic mass is 10.4. The van der Waals surface area contributed by atoms with E-state index in [9.17, 15) is 8.42 Å². The van der Waals surface area contributed by atoms with Crippen LogP contribution in [0.25, 0.3) is 0 Å². The Bertz CT molecular complexity index is 758. The zero-order valence-corrected chi connectivity index (χ0v) is 13.3. The summed E-state index contributed by atoms with van der Waals surface area (Å²) in [6.07, 6.45) is 0. The van der Waals surface area contributed by atoms with Crippen LogP contribution < -0.4 is 0 Å². The molecule has 0 radical (unpaired) electrons.